The van der Waals surface area contributed by atoms with Gasteiger partial charge in [0.25, 0.3) is 0 Å². The maximum absolute atomic E-state index is 6.18. The number of nitrogens with zero attached hydrogens (tertiary/aromatic N) is 2. The van der Waals surface area contributed by atoms with E-state index < -0.39 is 0 Å². The lowest BCUT2D eigenvalue weighted by Gasteiger charge is -2.18. The average molecular weight is 296 g/mol. The highest BCUT2D eigenvalue weighted by Gasteiger charge is 2.20. The summed E-state index contributed by atoms with van der Waals surface area (Å²) >= 11 is 12.4. The summed E-state index contributed by atoms with van der Waals surface area (Å²) in [6.07, 6.45) is 6.24. The predicted molar refractivity (Wildman–Crippen MR) is 77.7 cm³/mol. The number of aromatic amines is 1. The minimum absolute atomic E-state index is 0.497. The minimum atomic E-state index is 0.497. The minimum Gasteiger partial charge on any atom is -0.262 e. The molecule has 1 aliphatic carbocycles. The van der Waals surface area contributed by atoms with Crippen LogP contribution >= 0.6 is 23.2 Å². The average Bonchev–Trinajstić information content (AvgIpc) is 2.89. The van der Waals surface area contributed by atoms with Crippen molar-refractivity contribution in [3.05, 3.63) is 34.1 Å². The van der Waals surface area contributed by atoms with E-state index in [4.69, 9.17) is 23.2 Å². The molecule has 3 rings (SSSR count). The summed E-state index contributed by atoms with van der Waals surface area (Å²) in [5.74, 6) is 2.05. The lowest BCUT2D eigenvalue weighted by Crippen LogP contribution is -2.06. The summed E-state index contributed by atoms with van der Waals surface area (Å²) in [5.41, 5.74) is 0.712. The van der Waals surface area contributed by atoms with Gasteiger partial charge in [-0.15, -0.1) is 0 Å². The highest BCUT2D eigenvalue weighted by Crippen LogP contribution is 2.35. The maximum Gasteiger partial charge on any atom is 0.184 e. The molecule has 0 bridgehead atoms. The lowest BCUT2D eigenvalue weighted by molar-refractivity contribution is 0.429. The molecule has 0 saturated heterocycles. The summed E-state index contributed by atoms with van der Waals surface area (Å²) in [7, 11) is 0. The van der Waals surface area contributed by atoms with E-state index in [2.05, 4.69) is 15.2 Å². The number of nitrogens with one attached hydrogen (secondary N) is 1. The van der Waals surface area contributed by atoms with Crippen molar-refractivity contribution in [3.63, 3.8) is 0 Å². The zero-order valence-electron chi connectivity index (χ0n) is 10.5. The molecule has 3 nitrogen and oxygen atoms in total. The third kappa shape index (κ3) is 2.63. The van der Waals surface area contributed by atoms with Crippen molar-refractivity contribution in [2.45, 2.75) is 38.0 Å². The van der Waals surface area contributed by atoms with Gasteiger partial charge in [0.05, 0.1) is 15.6 Å². The van der Waals surface area contributed by atoms with Crippen LogP contribution in [0.25, 0.3) is 11.4 Å². The van der Waals surface area contributed by atoms with E-state index in [1.54, 1.807) is 12.1 Å². The fraction of sp³-hybridized carbons (Fsp3) is 0.429. The predicted octanol–water partition coefficient (Wildman–Crippen LogP) is 4.83. The Balaban J connectivity index is 1.92. The van der Waals surface area contributed by atoms with Crippen LogP contribution in [-0.4, -0.2) is 15.2 Å². The highest BCUT2D eigenvalue weighted by molar-refractivity contribution is 6.38. The van der Waals surface area contributed by atoms with Crippen molar-refractivity contribution in [3.8, 4) is 11.4 Å². The van der Waals surface area contributed by atoms with Crippen LogP contribution in [0.3, 0.4) is 0 Å². The van der Waals surface area contributed by atoms with E-state index in [0.29, 0.717) is 27.4 Å². The molecule has 1 aromatic carbocycles. The second-order valence-electron chi connectivity index (χ2n) is 4.98. The lowest BCUT2D eigenvalue weighted by atomic mass is 9.89. The van der Waals surface area contributed by atoms with Gasteiger partial charge in [0.1, 0.15) is 5.82 Å². The number of hydrogen-bond donors (Lipinski definition) is 1. The topological polar surface area (TPSA) is 41.6 Å². The molecule has 0 spiro atoms. The molecule has 0 unspecified atom stereocenters. The Kier molecular flexibility index (Phi) is 3.76. The van der Waals surface area contributed by atoms with Crippen LogP contribution in [0, 0.1) is 0 Å². The summed E-state index contributed by atoms with van der Waals surface area (Å²) in [6, 6.07) is 5.43. The van der Waals surface area contributed by atoms with Crippen molar-refractivity contribution in [2.24, 2.45) is 0 Å². The number of halogens is 2. The Morgan fingerprint density at radius 3 is 2.42 bits per heavy atom. The van der Waals surface area contributed by atoms with Gasteiger partial charge in [0.15, 0.2) is 5.82 Å². The zero-order valence-corrected chi connectivity index (χ0v) is 12.0. The van der Waals surface area contributed by atoms with Crippen molar-refractivity contribution >= 4 is 23.2 Å². The van der Waals surface area contributed by atoms with Crippen molar-refractivity contribution < 1.29 is 0 Å². The van der Waals surface area contributed by atoms with Gasteiger partial charge in [0, 0.05) is 5.92 Å². The standard InChI is InChI=1S/C14H15Cl2N3/c15-10-7-4-8-11(16)12(10)14-17-13(18-19-14)9-5-2-1-3-6-9/h4,7-9H,1-3,5-6H2,(H,17,18,19). The quantitative estimate of drug-likeness (QED) is 0.862. The third-order valence-electron chi connectivity index (χ3n) is 3.68. The number of rotatable bonds is 2. The monoisotopic (exact) mass is 295 g/mol. The van der Waals surface area contributed by atoms with Crippen molar-refractivity contribution in [1.29, 1.82) is 0 Å². The first-order valence-electron chi connectivity index (χ1n) is 6.62. The smallest absolute Gasteiger partial charge is 0.184 e. The Morgan fingerprint density at radius 2 is 1.74 bits per heavy atom. The number of aromatic nitrogens is 3. The van der Waals surface area contributed by atoms with Gasteiger partial charge in [0.2, 0.25) is 0 Å². The van der Waals surface area contributed by atoms with E-state index in [9.17, 15) is 0 Å². The van der Waals surface area contributed by atoms with Gasteiger partial charge in [-0.25, -0.2) is 4.98 Å². The molecule has 1 aromatic heterocycles. The molecule has 1 N–H and O–H groups in total. The van der Waals surface area contributed by atoms with Gasteiger partial charge in [-0.1, -0.05) is 48.5 Å². The fourth-order valence-electron chi connectivity index (χ4n) is 2.66. The van der Waals surface area contributed by atoms with Crippen LogP contribution < -0.4 is 0 Å². The van der Waals surface area contributed by atoms with Gasteiger partial charge >= 0.3 is 0 Å². The molecule has 1 aliphatic rings. The molecule has 5 heteroatoms. The van der Waals surface area contributed by atoms with Crippen molar-refractivity contribution in [1.82, 2.24) is 15.2 Å². The molecule has 2 aromatic rings. The first kappa shape index (κ1) is 12.9. The first-order chi connectivity index (χ1) is 9.25. The molecule has 1 fully saturated rings. The molecule has 1 saturated carbocycles. The number of hydrogen-bond acceptors (Lipinski definition) is 2. The molecule has 100 valence electrons. The number of H-pyrrole nitrogens is 1. The normalized spacial score (nSPS) is 16.7. The largest absolute Gasteiger partial charge is 0.262 e. The van der Waals surface area contributed by atoms with Crippen LogP contribution in [-0.2, 0) is 0 Å². The molecule has 0 aliphatic heterocycles. The van der Waals surface area contributed by atoms with E-state index in [1.807, 2.05) is 6.07 Å². The fourth-order valence-corrected chi connectivity index (χ4v) is 3.22. The molecule has 0 radical (unpaired) electrons. The molecule has 0 atom stereocenters. The first-order valence-corrected chi connectivity index (χ1v) is 7.38. The van der Waals surface area contributed by atoms with Crippen molar-refractivity contribution in [2.75, 3.05) is 0 Å². The number of benzene rings is 1. The third-order valence-corrected chi connectivity index (χ3v) is 4.31. The maximum atomic E-state index is 6.18. The van der Waals surface area contributed by atoms with Crippen LogP contribution in [0.4, 0.5) is 0 Å². The Labute approximate surface area is 122 Å². The van der Waals surface area contributed by atoms with Crippen LogP contribution in [0.2, 0.25) is 10.0 Å². The summed E-state index contributed by atoms with van der Waals surface area (Å²) in [5, 5.41) is 8.50. The molecular formula is C14H15Cl2N3. The molecule has 19 heavy (non-hydrogen) atoms. The van der Waals surface area contributed by atoms with Gasteiger partial charge < -0.3 is 0 Å². The van der Waals surface area contributed by atoms with E-state index >= 15 is 0 Å². The van der Waals surface area contributed by atoms with Crippen LogP contribution in [0.5, 0.6) is 0 Å². The van der Waals surface area contributed by atoms with E-state index in [0.717, 1.165) is 5.82 Å². The summed E-state index contributed by atoms with van der Waals surface area (Å²) in [6.45, 7) is 0. The second-order valence-corrected chi connectivity index (χ2v) is 5.79. The van der Waals surface area contributed by atoms with E-state index in [1.165, 1.54) is 32.1 Å². The van der Waals surface area contributed by atoms with Gasteiger partial charge in [-0.2, -0.15) is 5.10 Å². The molecule has 0 amide bonds. The highest BCUT2D eigenvalue weighted by atomic mass is 35.5. The SMILES string of the molecule is Clc1cccc(Cl)c1-c1n[nH]c(C2CCCCC2)n1. The molecule has 1 heterocycles. The van der Waals surface area contributed by atoms with Gasteiger partial charge in [-0.05, 0) is 25.0 Å². The Morgan fingerprint density at radius 1 is 1.05 bits per heavy atom. The zero-order chi connectivity index (χ0) is 13.2. The van der Waals surface area contributed by atoms with Crippen LogP contribution in [0.15, 0.2) is 18.2 Å². The summed E-state index contributed by atoms with van der Waals surface area (Å²) in [4.78, 5) is 4.59. The van der Waals surface area contributed by atoms with Gasteiger partial charge in [-0.3, -0.25) is 5.10 Å². The second kappa shape index (κ2) is 5.51. The van der Waals surface area contributed by atoms with E-state index in [-0.39, 0.29) is 0 Å². The Bertz CT molecular complexity index is 554. The van der Waals surface area contributed by atoms with Crippen LogP contribution in [0.1, 0.15) is 43.8 Å². The molecular weight excluding hydrogens is 281 g/mol. The Hall–Kier alpha value is -1.06. The summed E-state index contributed by atoms with van der Waals surface area (Å²) < 4.78 is 0.